The van der Waals surface area contributed by atoms with Gasteiger partial charge in [-0.15, -0.1) is 0 Å². The molecular weight excluding hydrogens is 472 g/mol. The zero-order valence-corrected chi connectivity index (χ0v) is 22.9. The molecule has 0 saturated heterocycles. The Morgan fingerprint density at radius 1 is 0.649 bits per heavy atom. The Kier molecular flexibility index (Phi) is 7.40. The van der Waals surface area contributed by atoms with Gasteiger partial charge in [0, 0.05) is 42.7 Å². The van der Waals surface area contributed by atoms with Crippen LogP contribution in [0.25, 0.3) is 21.9 Å². The fourth-order valence-corrected chi connectivity index (χ4v) is 4.27. The van der Waals surface area contributed by atoms with Crippen molar-refractivity contribution < 1.29 is 33.7 Å². The second kappa shape index (κ2) is 9.88. The first-order valence-corrected chi connectivity index (χ1v) is 12.0. The predicted octanol–water partition coefficient (Wildman–Crippen LogP) is 6.58. The first-order chi connectivity index (χ1) is 17.0. The molecule has 0 aliphatic heterocycles. The number of carbonyl (C=O) groups excluding carboxylic acids is 3. The number of hydrogen-bond donors (Lipinski definition) is 1. The lowest BCUT2D eigenvalue weighted by molar-refractivity contribution is -0.134. The summed E-state index contributed by atoms with van der Waals surface area (Å²) in [7, 11) is 0. The number of phenolic OH excluding ortho intramolecular Hbond substituents is 1. The molecule has 0 aliphatic carbocycles. The van der Waals surface area contributed by atoms with Crippen molar-refractivity contribution in [3.05, 3.63) is 47.5 Å². The molecule has 0 bridgehead atoms. The zero-order chi connectivity index (χ0) is 27.9. The summed E-state index contributed by atoms with van der Waals surface area (Å²) < 4.78 is 17.0. The van der Waals surface area contributed by atoms with E-state index in [1.54, 1.807) is 36.4 Å². The van der Waals surface area contributed by atoms with Gasteiger partial charge in [0.2, 0.25) is 0 Å². The molecule has 3 rings (SSSR count). The van der Waals surface area contributed by atoms with Gasteiger partial charge in [-0.2, -0.15) is 0 Å². The van der Waals surface area contributed by atoms with Gasteiger partial charge in [0.1, 0.15) is 5.75 Å². The molecule has 0 amide bonds. The number of benzene rings is 3. The van der Waals surface area contributed by atoms with Gasteiger partial charge in [-0.3, -0.25) is 14.4 Å². The van der Waals surface area contributed by atoms with Crippen LogP contribution in [-0.2, 0) is 25.2 Å². The highest BCUT2D eigenvalue weighted by atomic mass is 16.6. The van der Waals surface area contributed by atoms with Crippen molar-refractivity contribution in [2.75, 3.05) is 0 Å². The molecule has 0 unspecified atom stereocenters. The second-order valence-corrected chi connectivity index (χ2v) is 11.1. The molecule has 0 atom stereocenters. The van der Waals surface area contributed by atoms with Crippen LogP contribution in [0.2, 0.25) is 0 Å². The van der Waals surface area contributed by atoms with Gasteiger partial charge in [0.25, 0.3) is 0 Å². The number of hydrogen-bond acceptors (Lipinski definition) is 7. The maximum Gasteiger partial charge on any atom is 0.308 e. The topological polar surface area (TPSA) is 99.1 Å². The third-order valence-electron chi connectivity index (χ3n) is 5.83. The monoisotopic (exact) mass is 506 g/mol. The summed E-state index contributed by atoms with van der Waals surface area (Å²) in [6.07, 6.45) is 0. The summed E-state index contributed by atoms with van der Waals surface area (Å²) in [5.41, 5.74) is 1.17. The fraction of sp³-hybridized carbons (Fsp3) is 0.367. The van der Waals surface area contributed by atoms with E-state index in [-0.39, 0.29) is 28.6 Å². The highest BCUT2D eigenvalue weighted by Gasteiger charge is 2.32. The van der Waals surface area contributed by atoms with Crippen molar-refractivity contribution in [1.29, 1.82) is 0 Å². The van der Waals surface area contributed by atoms with E-state index in [2.05, 4.69) is 0 Å². The quantitative estimate of drug-likeness (QED) is 0.315. The first-order valence-electron chi connectivity index (χ1n) is 12.0. The Balaban J connectivity index is 2.65. The van der Waals surface area contributed by atoms with E-state index < -0.39 is 28.7 Å². The maximum atomic E-state index is 12.3. The van der Waals surface area contributed by atoms with Crippen LogP contribution < -0.4 is 14.2 Å². The van der Waals surface area contributed by atoms with E-state index in [1.165, 1.54) is 20.8 Å². The van der Waals surface area contributed by atoms with Crippen molar-refractivity contribution in [3.63, 3.8) is 0 Å². The Bertz CT molecular complexity index is 1370. The molecule has 7 nitrogen and oxygen atoms in total. The minimum atomic E-state index is -0.649. The highest BCUT2D eigenvalue weighted by Crippen LogP contribution is 2.53. The summed E-state index contributed by atoms with van der Waals surface area (Å²) in [4.78, 5) is 36.7. The molecule has 3 aromatic rings. The second-order valence-electron chi connectivity index (χ2n) is 11.1. The van der Waals surface area contributed by atoms with Crippen molar-refractivity contribution in [2.24, 2.45) is 0 Å². The molecule has 0 heterocycles. The Morgan fingerprint density at radius 3 is 1.43 bits per heavy atom. The lowest BCUT2D eigenvalue weighted by Crippen LogP contribution is -2.18. The number of rotatable bonds is 4. The van der Waals surface area contributed by atoms with E-state index in [9.17, 15) is 19.5 Å². The largest absolute Gasteiger partial charge is 0.507 e. The smallest absolute Gasteiger partial charge is 0.308 e. The zero-order valence-electron chi connectivity index (χ0n) is 22.9. The van der Waals surface area contributed by atoms with Crippen molar-refractivity contribution in [2.45, 2.75) is 73.1 Å². The fourth-order valence-electron chi connectivity index (χ4n) is 4.27. The number of carbonyl (C=O) groups is 3. The molecule has 1 N–H and O–H groups in total. The number of ether oxygens (including phenoxy) is 3. The molecule has 0 aliphatic rings. The SMILES string of the molecule is CC(=O)Oc1c(-c2cc(C(C)(C)C)c(O)c(C(C)(C)C)c2)c(OC(C)=O)c2ccccc2c1OC(C)=O. The standard InChI is InChI=1S/C30H34O7/c1-16(31)35-26-20-12-10-11-13-21(20)27(36-17(2)32)28(37-18(3)33)24(26)19-14-22(29(4,5)6)25(34)23(15-19)30(7,8)9/h10-15,34H,1-9H3. The lowest BCUT2D eigenvalue weighted by Gasteiger charge is -2.29. The molecule has 0 fully saturated rings. The van der Waals surface area contributed by atoms with Gasteiger partial charge in [-0.05, 0) is 28.5 Å². The van der Waals surface area contributed by atoms with Crippen LogP contribution in [0.3, 0.4) is 0 Å². The molecule has 7 heteroatoms. The molecule has 37 heavy (non-hydrogen) atoms. The van der Waals surface area contributed by atoms with E-state index >= 15 is 0 Å². The van der Waals surface area contributed by atoms with Crippen LogP contribution in [0.5, 0.6) is 23.0 Å². The molecule has 3 aromatic carbocycles. The van der Waals surface area contributed by atoms with E-state index in [1.807, 2.05) is 41.5 Å². The van der Waals surface area contributed by atoms with Crippen LogP contribution in [0.1, 0.15) is 73.4 Å². The van der Waals surface area contributed by atoms with Crippen LogP contribution in [0.15, 0.2) is 36.4 Å². The predicted molar refractivity (Wildman–Crippen MR) is 142 cm³/mol. The summed E-state index contributed by atoms with van der Waals surface area (Å²) in [5, 5.41) is 12.2. The third-order valence-corrected chi connectivity index (χ3v) is 5.83. The van der Waals surface area contributed by atoms with E-state index in [0.29, 0.717) is 27.5 Å². The molecular formula is C30H34O7. The van der Waals surface area contributed by atoms with Gasteiger partial charge >= 0.3 is 17.9 Å². The van der Waals surface area contributed by atoms with Gasteiger partial charge in [-0.25, -0.2) is 0 Å². The summed E-state index contributed by atoms with van der Waals surface area (Å²) >= 11 is 0. The molecule has 196 valence electrons. The molecule has 0 aromatic heterocycles. The minimum absolute atomic E-state index is 0.0342. The molecule has 0 radical (unpaired) electrons. The average molecular weight is 507 g/mol. The summed E-state index contributed by atoms with van der Waals surface area (Å²) in [6, 6.07) is 10.5. The number of fused-ring (bicyclic) bond motifs is 1. The van der Waals surface area contributed by atoms with Crippen LogP contribution in [0.4, 0.5) is 0 Å². The van der Waals surface area contributed by atoms with Gasteiger partial charge in [0.15, 0.2) is 17.2 Å². The Morgan fingerprint density at radius 2 is 1.03 bits per heavy atom. The maximum absolute atomic E-state index is 12.3. The number of phenols is 1. The van der Waals surface area contributed by atoms with Crippen LogP contribution >= 0.6 is 0 Å². The number of aromatic hydroxyl groups is 1. The van der Waals surface area contributed by atoms with E-state index in [4.69, 9.17) is 14.2 Å². The summed E-state index contributed by atoms with van der Waals surface area (Å²) in [5.74, 6) is -1.54. The Hall–Kier alpha value is -3.87. The molecule has 0 spiro atoms. The van der Waals surface area contributed by atoms with Crippen LogP contribution in [0, 0.1) is 0 Å². The van der Waals surface area contributed by atoms with Crippen molar-refractivity contribution in [1.82, 2.24) is 0 Å². The average Bonchev–Trinajstić information content (AvgIpc) is 2.74. The first kappa shape index (κ1) is 27.7. The minimum Gasteiger partial charge on any atom is -0.507 e. The summed E-state index contributed by atoms with van der Waals surface area (Å²) in [6.45, 7) is 15.6. The van der Waals surface area contributed by atoms with Gasteiger partial charge in [0.05, 0.1) is 5.56 Å². The van der Waals surface area contributed by atoms with Gasteiger partial charge < -0.3 is 19.3 Å². The highest BCUT2D eigenvalue weighted by molar-refractivity contribution is 6.06. The normalized spacial score (nSPS) is 11.8. The van der Waals surface area contributed by atoms with Crippen molar-refractivity contribution >= 4 is 28.7 Å². The Labute approximate surface area is 217 Å². The molecule has 0 saturated carbocycles. The van der Waals surface area contributed by atoms with Gasteiger partial charge in [-0.1, -0.05) is 65.8 Å². The van der Waals surface area contributed by atoms with E-state index in [0.717, 1.165) is 0 Å². The lowest BCUT2D eigenvalue weighted by atomic mass is 9.77. The number of esters is 3. The van der Waals surface area contributed by atoms with Crippen molar-refractivity contribution in [3.8, 4) is 34.1 Å². The third kappa shape index (κ3) is 5.77. The van der Waals surface area contributed by atoms with Crippen LogP contribution in [-0.4, -0.2) is 23.0 Å².